The summed E-state index contributed by atoms with van der Waals surface area (Å²) in [6, 6.07) is 3.77. The van der Waals surface area contributed by atoms with E-state index in [1.165, 1.54) is 0 Å². The lowest BCUT2D eigenvalue weighted by Crippen LogP contribution is -2.38. The number of nitrogens with zero attached hydrogens (tertiary/aromatic N) is 4. The first-order valence-corrected chi connectivity index (χ1v) is 8.27. The predicted octanol–water partition coefficient (Wildman–Crippen LogP) is 2.71. The highest BCUT2D eigenvalue weighted by atomic mass is 16.5. The molecule has 3 rings (SSSR count). The quantitative estimate of drug-likeness (QED) is 0.848. The molecule has 0 aromatic carbocycles. The first-order valence-electron chi connectivity index (χ1n) is 8.27. The van der Waals surface area contributed by atoms with Crippen LogP contribution in [0.3, 0.4) is 0 Å². The first kappa shape index (κ1) is 15.6. The fourth-order valence-corrected chi connectivity index (χ4v) is 2.96. The maximum Gasteiger partial charge on any atom is 0.227 e. The zero-order valence-electron chi connectivity index (χ0n) is 13.4. The van der Waals surface area contributed by atoms with E-state index in [4.69, 9.17) is 4.52 Å². The van der Waals surface area contributed by atoms with Gasteiger partial charge in [-0.3, -0.25) is 9.78 Å². The van der Waals surface area contributed by atoms with Crippen LogP contribution in [0.5, 0.6) is 0 Å². The smallest absolute Gasteiger partial charge is 0.227 e. The van der Waals surface area contributed by atoms with E-state index in [9.17, 15) is 4.79 Å². The Bertz CT molecular complexity index is 633. The minimum absolute atomic E-state index is 0.280. The Balaban J connectivity index is 1.53. The molecule has 3 heterocycles. The molecule has 0 aliphatic carbocycles. The van der Waals surface area contributed by atoms with E-state index < -0.39 is 0 Å². The second kappa shape index (κ2) is 7.35. The van der Waals surface area contributed by atoms with E-state index >= 15 is 0 Å². The molecule has 23 heavy (non-hydrogen) atoms. The number of rotatable bonds is 5. The number of carbonyl (C=O) groups excluding carboxylic acids is 1. The molecular formula is C17H22N4O2. The van der Waals surface area contributed by atoms with Crippen LogP contribution in [-0.4, -0.2) is 39.0 Å². The summed E-state index contributed by atoms with van der Waals surface area (Å²) in [5.41, 5.74) is 0.863. The van der Waals surface area contributed by atoms with Crippen molar-refractivity contribution in [2.75, 3.05) is 13.1 Å². The SMILES string of the molecule is CCCC(=O)N1CCC(Cc2nc(-c3cccnc3)no2)CC1. The number of pyridine rings is 1. The van der Waals surface area contributed by atoms with Gasteiger partial charge in [-0.15, -0.1) is 0 Å². The van der Waals surface area contributed by atoms with Crippen molar-refractivity contribution < 1.29 is 9.32 Å². The Labute approximate surface area is 135 Å². The van der Waals surface area contributed by atoms with Gasteiger partial charge in [-0.2, -0.15) is 4.98 Å². The van der Waals surface area contributed by atoms with Gasteiger partial charge >= 0.3 is 0 Å². The highest BCUT2D eigenvalue weighted by Gasteiger charge is 2.24. The van der Waals surface area contributed by atoms with Gasteiger partial charge in [-0.05, 0) is 37.3 Å². The van der Waals surface area contributed by atoms with Crippen LogP contribution in [0.15, 0.2) is 29.0 Å². The number of amides is 1. The summed E-state index contributed by atoms with van der Waals surface area (Å²) in [4.78, 5) is 22.4. The Morgan fingerprint density at radius 3 is 2.91 bits per heavy atom. The van der Waals surface area contributed by atoms with E-state index in [1.54, 1.807) is 12.4 Å². The molecule has 0 radical (unpaired) electrons. The van der Waals surface area contributed by atoms with Gasteiger partial charge in [0.05, 0.1) is 0 Å². The Hall–Kier alpha value is -2.24. The molecule has 2 aromatic rings. The van der Waals surface area contributed by atoms with Crippen molar-refractivity contribution in [1.29, 1.82) is 0 Å². The van der Waals surface area contributed by atoms with Crippen molar-refractivity contribution in [3.05, 3.63) is 30.4 Å². The largest absolute Gasteiger partial charge is 0.343 e. The van der Waals surface area contributed by atoms with Crippen molar-refractivity contribution in [2.45, 2.75) is 39.0 Å². The Morgan fingerprint density at radius 2 is 2.22 bits per heavy atom. The predicted molar refractivity (Wildman–Crippen MR) is 85.4 cm³/mol. The summed E-state index contributed by atoms with van der Waals surface area (Å²) < 4.78 is 5.37. The number of carbonyl (C=O) groups is 1. The number of hydrogen-bond donors (Lipinski definition) is 0. The maximum absolute atomic E-state index is 11.9. The van der Waals surface area contributed by atoms with Gasteiger partial charge in [-0.25, -0.2) is 0 Å². The topological polar surface area (TPSA) is 72.1 Å². The zero-order valence-corrected chi connectivity index (χ0v) is 13.4. The van der Waals surface area contributed by atoms with Gasteiger partial charge in [0.1, 0.15) is 0 Å². The third kappa shape index (κ3) is 3.94. The van der Waals surface area contributed by atoms with Crippen molar-refractivity contribution in [1.82, 2.24) is 20.0 Å². The molecule has 1 aliphatic heterocycles. The van der Waals surface area contributed by atoms with Crippen LogP contribution in [-0.2, 0) is 11.2 Å². The molecule has 0 spiro atoms. The molecule has 1 amide bonds. The molecule has 6 nitrogen and oxygen atoms in total. The van der Waals surface area contributed by atoms with Crippen LogP contribution >= 0.6 is 0 Å². The van der Waals surface area contributed by atoms with E-state index in [2.05, 4.69) is 15.1 Å². The number of likely N-dealkylation sites (tertiary alicyclic amines) is 1. The van der Waals surface area contributed by atoms with Gasteiger partial charge in [0, 0.05) is 43.9 Å². The highest BCUT2D eigenvalue weighted by Crippen LogP contribution is 2.23. The van der Waals surface area contributed by atoms with E-state index in [-0.39, 0.29) is 5.91 Å². The van der Waals surface area contributed by atoms with Crippen LogP contribution in [0.4, 0.5) is 0 Å². The van der Waals surface area contributed by atoms with Gasteiger partial charge in [-0.1, -0.05) is 12.1 Å². The summed E-state index contributed by atoms with van der Waals surface area (Å²) in [6.45, 7) is 3.72. The standard InChI is InChI=1S/C17H22N4O2/c1-2-4-16(22)21-9-6-13(7-10-21)11-15-19-17(20-23-15)14-5-3-8-18-12-14/h3,5,8,12-13H,2,4,6-7,9-11H2,1H3. The molecule has 122 valence electrons. The summed E-state index contributed by atoms with van der Waals surface area (Å²) in [5, 5.41) is 4.03. The number of piperidine rings is 1. The van der Waals surface area contributed by atoms with E-state index in [0.29, 0.717) is 24.1 Å². The molecule has 1 aliphatic rings. The summed E-state index contributed by atoms with van der Waals surface area (Å²) in [6.07, 6.45) is 7.80. The van der Waals surface area contributed by atoms with Crippen LogP contribution < -0.4 is 0 Å². The van der Waals surface area contributed by atoms with Gasteiger partial charge in [0.15, 0.2) is 0 Å². The van der Waals surface area contributed by atoms with Crippen LogP contribution in [0, 0.1) is 5.92 Å². The maximum atomic E-state index is 11.9. The van der Waals surface area contributed by atoms with Crippen molar-refractivity contribution >= 4 is 5.91 Å². The van der Waals surface area contributed by atoms with E-state index in [1.807, 2.05) is 24.0 Å². The average Bonchev–Trinajstić information content (AvgIpc) is 3.05. The minimum atomic E-state index is 0.280. The molecule has 2 aromatic heterocycles. The molecule has 0 bridgehead atoms. The third-order valence-corrected chi connectivity index (χ3v) is 4.28. The first-order chi connectivity index (χ1) is 11.3. The molecular weight excluding hydrogens is 292 g/mol. The fraction of sp³-hybridized carbons (Fsp3) is 0.529. The van der Waals surface area contributed by atoms with Crippen LogP contribution in [0.25, 0.3) is 11.4 Å². The lowest BCUT2D eigenvalue weighted by molar-refractivity contribution is -0.132. The number of aromatic nitrogens is 3. The third-order valence-electron chi connectivity index (χ3n) is 4.28. The van der Waals surface area contributed by atoms with E-state index in [0.717, 1.165) is 44.3 Å². The molecule has 1 saturated heterocycles. The van der Waals surface area contributed by atoms with Crippen molar-refractivity contribution in [3.8, 4) is 11.4 Å². The molecule has 6 heteroatoms. The van der Waals surface area contributed by atoms with Crippen molar-refractivity contribution in [3.63, 3.8) is 0 Å². The second-order valence-corrected chi connectivity index (χ2v) is 6.03. The minimum Gasteiger partial charge on any atom is -0.343 e. The Kier molecular flexibility index (Phi) is 5.00. The van der Waals surface area contributed by atoms with Crippen LogP contribution in [0.2, 0.25) is 0 Å². The summed E-state index contributed by atoms with van der Waals surface area (Å²) in [5.74, 6) is 2.04. The van der Waals surface area contributed by atoms with Gasteiger partial charge in [0.25, 0.3) is 0 Å². The fourth-order valence-electron chi connectivity index (χ4n) is 2.96. The van der Waals surface area contributed by atoms with Crippen LogP contribution in [0.1, 0.15) is 38.5 Å². The monoisotopic (exact) mass is 314 g/mol. The van der Waals surface area contributed by atoms with Crippen molar-refractivity contribution in [2.24, 2.45) is 5.92 Å². The highest BCUT2D eigenvalue weighted by molar-refractivity contribution is 5.76. The molecule has 0 unspecified atom stereocenters. The molecule has 0 saturated carbocycles. The second-order valence-electron chi connectivity index (χ2n) is 6.03. The average molecular weight is 314 g/mol. The Morgan fingerprint density at radius 1 is 1.39 bits per heavy atom. The van der Waals surface area contributed by atoms with Gasteiger partial charge in [0.2, 0.25) is 17.6 Å². The summed E-state index contributed by atoms with van der Waals surface area (Å²) >= 11 is 0. The van der Waals surface area contributed by atoms with Gasteiger partial charge < -0.3 is 9.42 Å². The molecule has 1 fully saturated rings. The lowest BCUT2D eigenvalue weighted by Gasteiger charge is -2.31. The normalized spacial score (nSPS) is 15.8. The lowest BCUT2D eigenvalue weighted by atomic mass is 9.93. The summed E-state index contributed by atoms with van der Waals surface area (Å²) in [7, 11) is 0. The zero-order chi connectivity index (χ0) is 16.1. The molecule has 0 atom stereocenters. The molecule has 0 N–H and O–H groups in total. The number of hydrogen-bond acceptors (Lipinski definition) is 5.